The molecule has 0 aliphatic carbocycles. The summed E-state index contributed by atoms with van der Waals surface area (Å²) < 4.78 is 17.0. The van der Waals surface area contributed by atoms with Crippen LogP contribution in [0.2, 0.25) is 0 Å². The Kier molecular flexibility index (Phi) is 6.13. The molecule has 0 spiro atoms. The minimum atomic E-state index is -0.0306. The van der Waals surface area contributed by atoms with Crippen LogP contribution in [0.5, 0.6) is 17.4 Å². The number of nitrogens with zero attached hydrogens (tertiary/aromatic N) is 3. The van der Waals surface area contributed by atoms with Crippen molar-refractivity contribution in [3.63, 3.8) is 0 Å². The van der Waals surface area contributed by atoms with Crippen LogP contribution in [-0.4, -0.2) is 60.5 Å². The number of hydrogen-bond acceptors (Lipinski definition) is 6. The summed E-state index contributed by atoms with van der Waals surface area (Å²) in [5.74, 6) is 2.61. The van der Waals surface area contributed by atoms with Crippen LogP contribution in [0.15, 0.2) is 65.4 Å². The molecule has 33 heavy (non-hydrogen) atoms. The Labute approximate surface area is 193 Å². The molecular weight excluding hydrogens is 418 g/mol. The molecule has 1 fully saturated rings. The van der Waals surface area contributed by atoms with E-state index in [4.69, 9.17) is 13.9 Å². The fraction of sp³-hybridized carbons (Fsp3) is 0.308. The molecule has 2 aliphatic rings. The maximum Gasteiger partial charge on any atom is 0.289 e. The van der Waals surface area contributed by atoms with Gasteiger partial charge in [-0.25, -0.2) is 4.98 Å². The van der Waals surface area contributed by atoms with Gasteiger partial charge in [0.15, 0.2) is 5.76 Å². The average Bonchev–Trinajstić information content (AvgIpc) is 3.34. The number of aromatic nitrogens is 1. The fourth-order valence-corrected chi connectivity index (χ4v) is 4.45. The van der Waals surface area contributed by atoms with Crippen molar-refractivity contribution in [2.75, 3.05) is 39.8 Å². The number of pyridine rings is 1. The molecule has 0 N–H and O–H groups in total. The van der Waals surface area contributed by atoms with Gasteiger partial charge in [0, 0.05) is 56.5 Å². The van der Waals surface area contributed by atoms with E-state index in [9.17, 15) is 4.79 Å². The number of rotatable bonds is 5. The van der Waals surface area contributed by atoms with Gasteiger partial charge in [0.2, 0.25) is 5.88 Å². The summed E-state index contributed by atoms with van der Waals surface area (Å²) in [6.45, 7) is 4.06. The highest BCUT2D eigenvalue weighted by molar-refractivity contribution is 5.91. The van der Waals surface area contributed by atoms with Crippen molar-refractivity contribution in [1.29, 1.82) is 0 Å². The predicted molar refractivity (Wildman–Crippen MR) is 125 cm³/mol. The Bertz CT molecular complexity index is 1150. The molecule has 2 aliphatic heterocycles. The lowest BCUT2D eigenvalue weighted by atomic mass is 9.97. The van der Waals surface area contributed by atoms with E-state index >= 15 is 0 Å². The van der Waals surface area contributed by atoms with Crippen LogP contribution in [0.4, 0.5) is 0 Å². The van der Waals surface area contributed by atoms with Crippen molar-refractivity contribution < 1.29 is 18.7 Å². The number of hydrogen-bond donors (Lipinski definition) is 0. The number of methoxy groups -OCH3 is 1. The molecule has 7 nitrogen and oxygen atoms in total. The van der Waals surface area contributed by atoms with Crippen molar-refractivity contribution in [2.24, 2.45) is 0 Å². The van der Waals surface area contributed by atoms with E-state index < -0.39 is 0 Å². The van der Waals surface area contributed by atoms with E-state index in [0.717, 1.165) is 55.1 Å². The molecule has 1 saturated heterocycles. The van der Waals surface area contributed by atoms with E-state index in [0.29, 0.717) is 24.7 Å². The van der Waals surface area contributed by atoms with E-state index in [-0.39, 0.29) is 5.91 Å². The summed E-state index contributed by atoms with van der Waals surface area (Å²) in [4.78, 5) is 21.2. The molecule has 1 aromatic carbocycles. The lowest BCUT2D eigenvalue weighted by Crippen LogP contribution is -2.48. The van der Waals surface area contributed by atoms with Gasteiger partial charge in [-0.2, -0.15) is 0 Å². The highest BCUT2D eigenvalue weighted by Gasteiger charge is 2.24. The van der Waals surface area contributed by atoms with Gasteiger partial charge < -0.3 is 18.8 Å². The minimum Gasteiger partial charge on any atom is -0.496 e. The number of fused-ring (bicyclic) bond motifs is 2. The molecule has 170 valence electrons. The van der Waals surface area contributed by atoms with Crippen molar-refractivity contribution in [2.45, 2.75) is 12.8 Å². The number of piperazine rings is 1. The third-order valence-corrected chi connectivity index (χ3v) is 6.23. The number of benzene rings is 1. The molecular formula is C26H27N3O4. The van der Waals surface area contributed by atoms with Crippen LogP contribution in [0.25, 0.3) is 5.57 Å². The molecule has 0 bridgehead atoms. The molecule has 3 aromatic rings. The minimum absolute atomic E-state index is 0.0306. The van der Waals surface area contributed by atoms with Crippen molar-refractivity contribution in [1.82, 2.24) is 14.8 Å². The highest BCUT2D eigenvalue weighted by Crippen LogP contribution is 2.41. The van der Waals surface area contributed by atoms with Gasteiger partial charge in [-0.15, -0.1) is 0 Å². The Hall–Kier alpha value is -3.58. The van der Waals surface area contributed by atoms with Crippen molar-refractivity contribution >= 4 is 11.5 Å². The second kappa shape index (κ2) is 9.50. The summed E-state index contributed by atoms with van der Waals surface area (Å²) in [5, 5.41) is 0. The Morgan fingerprint density at radius 2 is 2.00 bits per heavy atom. The topological polar surface area (TPSA) is 68.0 Å². The summed E-state index contributed by atoms with van der Waals surface area (Å²) >= 11 is 0. The molecule has 4 heterocycles. The fourth-order valence-electron chi connectivity index (χ4n) is 4.45. The summed E-state index contributed by atoms with van der Waals surface area (Å²) in [6, 6.07) is 13.3. The standard InChI is InChI=1S/C26H27N3O4/c1-31-22-8-2-9-23-21(22)18-19(20-7-3-11-27-25(20)33-23)6-4-12-28-13-15-29(16-14-28)26(30)24-10-5-17-32-24/h2-3,5-11,17H,4,12-16,18H2,1H3. The largest absolute Gasteiger partial charge is 0.496 e. The quantitative estimate of drug-likeness (QED) is 0.585. The molecule has 2 aromatic heterocycles. The number of ether oxygens (including phenoxy) is 2. The lowest BCUT2D eigenvalue weighted by molar-refractivity contribution is 0.0608. The summed E-state index contributed by atoms with van der Waals surface area (Å²) in [7, 11) is 1.69. The molecule has 1 amide bonds. The Balaban J connectivity index is 1.26. The van der Waals surface area contributed by atoms with Crippen molar-refractivity contribution in [3.8, 4) is 17.4 Å². The zero-order chi connectivity index (χ0) is 22.6. The maximum absolute atomic E-state index is 12.5. The molecule has 0 unspecified atom stereocenters. The third kappa shape index (κ3) is 4.50. The first-order chi connectivity index (χ1) is 16.2. The highest BCUT2D eigenvalue weighted by atomic mass is 16.5. The molecule has 0 atom stereocenters. The normalized spacial score (nSPS) is 17.1. The average molecular weight is 446 g/mol. The molecule has 5 rings (SSSR count). The van der Waals surface area contributed by atoms with Crippen LogP contribution < -0.4 is 9.47 Å². The van der Waals surface area contributed by atoms with Crippen LogP contribution in [-0.2, 0) is 6.42 Å². The van der Waals surface area contributed by atoms with Crippen molar-refractivity contribution in [3.05, 3.63) is 77.9 Å². The summed E-state index contributed by atoms with van der Waals surface area (Å²) in [6.07, 6.45) is 7.21. The second-order valence-corrected chi connectivity index (χ2v) is 8.20. The number of carbonyl (C=O) groups is 1. The van der Waals surface area contributed by atoms with Crippen LogP contribution in [0.3, 0.4) is 0 Å². The van der Waals surface area contributed by atoms with Gasteiger partial charge >= 0.3 is 0 Å². The first kappa shape index (κ1) is 21.3. The maximum atomic E-state index is 12.5. The first-order valence-corrected chi connectivity index (χ1v) is 11.3. The summed E-state index contributed by atoms with van der Waals surface area (Å²) in [5.41, 5.74) is 3.24. The van der Waals surface area contributed by atoms with E-state index in [1.54, 1.807) is 25.4 Å². The lowest BCUT2D eigenvalue weighted by Gasteiger charge is -2.34. The Morgan fingerprint density at radius 3 is 2.79 bits per heavy atom. The smallest absolute Gasteiger partial charge is 0.289 e. The molecule has 0 saturated carbocycles. The molecule has 0 radical (unpaired) electrons. The first-order valence-electron chi connectivity index (χ1n) is 11.3. The number of amides is 1. The zero-order valence-corrected chi connectivity index (χ0v) is 18.7. The van der Waals surface area contributed by atoms with Gasteiger partial charge in [-0.1, -0.05) is 12.1 Å². The number of allylic oxidation sites excluding steroid dienone is 1. The molecule has 7 heteroatoms. The monoisotopic (exact) mass is 445 g/mol. The van der Waals surface area contributed by atoms with Gasteiger partial charge in [0.1, 0.15) is 11.5 Å². The number of carbonyl (C=O) groups excluding carboxylic acids is 1. The van der Waals surface area contributed by atoms with Gasteiger partial charge in [0.25, 0.3) is 5.91 Å². The zero-order valence-electron chi connectivity index (χ0n) is 18.7. The number of furan rings is 1. The SMILES string of the molecule is COc1cccc2c1CC(=CCCN1CCN(C(=O)c3ccco3)CC1)c1cccnc1O2. The van der Waals surface area contributed by atoms with Crippen LogP contribution in [0.1, 0.15) is 28.1 Å². The van der Waals surface area contributed by atoms with E-state index in [1.165, 1.54) is 11.8 Å². The van der Waals surface area contributed by atoms with Gasteiger partial charge in [-0.05, 0) is 48.4 Å². The van der Waals surface area contributed by atoms with Crippen LogP contribution in [0, 0.1) is 0 Å². The van der Waals surface area contributed by atoms with Gasteiger partial charge in [-0.3, -0.25) is 9.69 Å². The predicted octanol–water partition coefficient (Wildman–Crippen LogP) is 4.26. The Morgan fingerprint density at radius 1 is 1.12 bits per heavy atom. The van der Waals surface area contributed by atoms with Gasteiger partial charge in [0.05, 0.1) is 13.4 Å². The second-order valence-electron chi connectivity index (χ2n) is 8.20. The van der Waals surface area contributed by atoms with E-state index in [2.05, 4.69) is 22.0 Å². The third-order valence-electron chi connectivity index (χ3n) is 6.23. The van der Waals surface area contributed by atoms with E-state index in [1.807, 2.05) is 29.2 Å². The van der Waals surface area contributed by atoms with Crippen LogP contribution >= 0.6 is 0 Å².